The number of anilines is 1. The number of fused-ring (bicyclic) bond motifs is 1. The van der Waals surface area contributed by atoms with Crippen LogP contribution in [0.25, 0.3) is 0 Å². The number of carbonyl (C=O) groups is 2. The van der Waals surface area contributed by atoms with Crippen LogP contribution in [0.2, 0.25) is 0 Å². The van der Waals surface area contributed by atoms with E-state index in [0.717, 1.165) is 0 Å². The van der Waals surface area contributed by atoms with E-state index in [1.54, 1.807) is 29.2 Å². The molecule has 3 amide bonds. The Bertz CT molecular complexity index is 810. The highest BCUT2D eigenvalue weighted by atomic mass is 16.3. The van der Waals surface area contributed by atoms with Gasteiger partial charge in [-0.3, -0.25) is 4.79 Å². The second kappa shape index (κ2) is 8.89. The van der Waals surface area contributed by atoms with Crippen LogP contribution in [0.5, 0.6) is 0 Å². The highest BCUT2D eigenvalue weighted by Crippen LogP contribution is 2.23. The van der Waals surface area contributed by atoms with E-state index in [0.29, 0.717) is 30.8 Å². The van der Waals surface area contributed by atoms with Gasteiger partial charge in [-0.15, -0.1) is 0 Å². The predicted octanol–water partition coefficient (Wildman–Crippen LogP) is 3.37. The molecular weight excluding hydrogens is 354 g/mol. The summed E-state index contributed by atoms with van der Waals surface area (Å²) in [4.78, 5) is 26.6. The van der Waals surface area contributed by atoms with E-state index in [1.165, 1.54) is 11.1 Å². The minimum atomic E-state index is -0.162. The van der Waals surface area contributed by atoms with Crippen LogP contribution in [-0.4, -0.2) is 34.6 Å². The van der Waals surface area contributed by atoms with Crippen molar-refractivity contribution in [3.63, 3.8) is 0 Å². The molecule has 1 heterocycles. The van der Waals surface area contributed by atoms with Crippen LogP contribution in [0.15, 0.2) is 48.5 Å². The largest absolute Gasteiger partial charge is 0.396 e. The van der Waals surface area contributed by atoms with Crippen LogP contribution in [-0.2, 0) is 13.1 Å². The Kier molecular flexibility index (Phi) is 6.31. The quantitative estimate of drug-likeness (QED) is 0.718. The van der Waals surface area contributed by atoms with Crippen molar-refractivity contribution in [3.8, 4) is 0 Å². The van der Waals surface area contributed by atoms with Gasteiger partial charge in [0.05, 0.1) is 0 Å². The van der Waals surface area contributed by atoms with Gasteiger partial charge in [-0.2, -0.15) is 0 Å². The lowest BCUT2D eigenvalue weighted by atomic mass is 10.0. The number of benzene rings is 2. The van der Waals surface area contributed by atoms with E-state index in [-0.39, 0.29) is 30.5 Å². The predicted molar refractivity (Wildman–Crippen MR) is 109 cm³/mol. The summed E-state index contributed by atoms with van der Waals surface area (Å²) in [6, 6.07) is 14.7. The third kappa shape index (κ3) is 4.89. The van der Waals surface area contributed by atoms with Crippen molar-refractivity contribution in [1.29, 1.82) is 0 Å². The Hall–Kier alpha value is -2.86. The maximum absolute atomic E-state index is 12.5. The summed E-state index contributed by atoms with van der Waals surface area (Å²) in [7, 11) is 0. The molecule has 0 bridgehead atoms. The molecule has 6 heteroatoms. The topological polar surface area (TPSA) is 81.7 Å². The molecule has 6 nitrogen and oxygen atoms in total. The fourth-order valence-corrected chi connectivity index (χ4v) is 3.43. The molecule has 0 aromatic heterocycles. The van der Waals surface area contributed by atoms with E-state index in [1.807, 2.05) is 38.1 Å². The number of aliphatic hydroxyl groups excluding tert-OH is 1. The molecule has 3 rings (SSSR count). The second-order valence-corrected chi connectivity index (χ2v) is 7.53. The molecule has 2 aromatic carbocycles. The Morgan fingerprint density at radius 1 is 1.04 bits per heavy atom. The average molecular weight is 381 g/mol. The zero-order valence-corrected chi connectivity index (χ0v) is 16.3. The van der Waals surface area contributed by atoms with Crippen LogP contribution in [0.3, 0.4) is 0 Å². The standard InChI is InChI=1S/C22H27N3O3/c1-15(14-26)11-16(2)23-21(27)17-7-9-20(10-8-17)24-22(28)25-12-18-5-3-4-6-19(18)13-25/h3-10,15-16,26H,11-14H2,1-2H3,(H,23,27)(H,24,28)/t15?,16-/m0/s1. The van der Waals surface area contributed by atoms with Gasteiger partial charge in [0, 0.05) is 37.0 Å². The van der Waals surface area contributed by atoms with Crippen molar-refractivity contribution in [1.82, 2.24) is 10.2 Å². The molecule has 1 aliphatic heterocycles. The number of amides is 3. The Balaban J connectivity index is 1.53. The number of rotatable bonds is 6. The lowest BCUT2D eigenvalue weighted by molar-refractivity contribution is 0.0931. The van der Waals surface area contributed by atoms with Crippen molar-refractivity contribution >= 4 is 17.6 Å². The third-order valence-electron chi connectivity index (χ3n) is 4.97. The number of aliphatic hydroxyl groups is 1. The van der Waals surface area contributed by atoms with Crippen molar-refractivity contribution in [2.75, 3.05) is 11.9 Å². The smallest absolute Gasteiger partial charge is 0.322 e. The molecule has 0 spiro atoms. The van der Waals surface area contributed by atoms with Gasteiger partial charge in [-0.1, -0.05) is 31.2 Å². The summed E-state index contributed by atoms with van der Waals surface area (Å²) < 4.78 is 0. The molecule has 148 valence electrons. The van der Waals surface area contributed by atoms with E-state index >= 15 is 0 Å². The molecule has 2 aromatic rings. The molecule has 0 fully saturated rings. The van der Waals surface area contributed by atoms with Crippen LogP contribution in [0.4, 0.5) is 10.5 Å². The maximum atomic E-state index is 12.5. The van der Waals surface area contributed by atoms with Crippen molar-refractivity contribution in [3.05, 3.63) is 65.2 Å². The van der Waals surface area contributed by atoms with Gasteiger partial charge in [0.2, 0.25) is 0 Å². The van der Waals surface area contributed by atoms with Crippen molar-refractivity contribution in [2.45, 2.75) is 39.4 Å². The van der Waals surface area contributed by atoms with E-state index in [2.05, 4.69) is 10.6 Å². The molecule has 28 heavy (non-hydrogen) atoms. The van der Waals surface area contributed by atoms with Gasteiger partial charge in [-0.05, 0) is 54.7 Å². The molecule has 0 saturated carbocycles. The van der Waals surface area contributed by atoms with Crippen LogP contribution in [0.1, 0.15) is 41.8 Å². The summed E-state index contributed by atoms with van der Waals surface area (Å²) in [5.41, 5.74) is 3.54. The first-order valence-corrected chi connectivity index (χ1v) is 9.60. The van der Waals surface area contributed by atoms with Gasteiger partial charge in [0.25, 0.3) is 5.91 Å². The lowest BCUT2D eigenvalue weighted by Gasteiger charge is -2.18. The first-order chi connectivity index (χ1) is 13.5. The number of nitrogens with one attached hydrogen (secondary N) is 2. The van der Waals surface area contributed by atoms with Gasteiger partial charge >= 0.3 is 6.03 Å². The van der Waals surface area contributed by atoms with E-state index in [9.17, 15) is 9.59 Å². The zero-order chi connectivity index (χ0) is 20.1. The van der Waals surface area contributed by atoms with Crippen molar-refractivity contribution in [2.24, 2.45) is 5.92 Å². The Morgan fingerprint density at radius 3 is 2.21 bits per heavy atom. The fraction of sp³-hybridized carbons (Fsp3) is 0.364. The number of hydrogen-bond acceptors (Lipinski definition) is 3. The first-order valence-electron chi connectivity index (χ1n) is 9.60. The number of carbonyl (C=O) groups excluding carboxylic acids is 2. The monoisotopic (exact) mass is 381 g/mol. The fourth-order valence-electron chi connectivity index (χ4n) is 3.43. The SMILES string of the molecule is CC(CO)C[C@H](C)NC(=O)c1ccc(NC(=O)N2Cc3ccccc3C2)cc1. The minimum Gasteiger partial charge on any atom is -0.396 e. The highest BCUT2D eigenvalue weighted by molar-refractivity contribution is 5.95. The van der Waals surface area contributed by atoms with Gasteiger partial charge < -0.3 is 20.6 Å². The zero-order valence-electron chi connectivity index (χ0n) is 16.3. The summed E-state index contributed by atoms with van der Waals surface area (Å²) in [6.07, 6.45) is 0.717. The molecule has 2 atom stereocenters. The highest BCUT2D eigenvalue weighted by Gasteiger charge is 2.22. The normalized spacial score (nSPS) is 14.9. The van der Waals surface area contributed by atoms with Gasteiger partial charge in [-0.25, -0.2) is 4.79 Å². The molecule has 0 aliphatic carbocycles. The average Bonchev–Trinajstić information content (AvgIpc) is 3.12. The molecule has 0 saturated heterocycles. The maximum Gasteiger partial charge on any atom is 0.322 e. The molecule has 3 N–H and O–H groups in total. The summed E-state index contributed by atoms with van der Waals surface area (Å²) in [5.74, 6) is -0.0184. The summed E-state index contributed by atoms with van der Waals surface area (Å²) in [5, 5.41) is 14.9. The number of nitrogens with zero attached hydrogens (tertiary/aromatic N) is 1. The van der Waals surface area contributed by atoms with Crippen LogP contribution < -0.4 is 10.6 Å². The molecule has 0 radical (unpaired) electrons. The van der Waals surface area contributed by atoms with Crippen LogP contribution >= 0.6 is 0 Å². The Labute approximate surface area is 165 Å². The number of urea groups is 1. The number of hydrogen-bond donors (Lipinski definition) is 3. The van der Waals surface area contributed by atoms with Crippen molar-refractivity contribution < 1.29 is 14.7 Å². The van der Waals surface area contributed by atoms with E-state index < -0.39 is 0 Å². The van der Waals surface area contributed by atoms with Crippen LogP contribution in [0, 0.1) is 5.92 Å². The third-order valence-corrected chi connectivity index (χ3v) is 4.97. The van der Waals surface area contributed by atoms with Gasteiger partial charge in [0.1, 0.15) is 0 Å². The molecule has 1 aliphatic rings. The lowest BCUT2D eigenvalue weighted by Crippen LogP contribution is -2.34. The summed E-state index contributed by atoms with van der Waals surface area (Å²) >= 11 is 0. The first kappa shape index (κ1) is 19.9. The summed E-state index contributed by atoms with van der Waals surface area (Å²) in [6.45, 7) is 5.18. The minimum absolute atomic E-state index is 0.0224. The molecular formula is C22H27N3O3. The molecule has 1 unspecified atom stereocenters. The van der Waals surface area contributed by atoms with Gasteiger partial charge in [0.15, 0.2) is 0 Å². The second-order valence-electron chi connectivity index (χ2n) is 7.53. The Morgan fingerprint density at radius 2 is 1.64 bits per heavy atom. The van der Waals surface area contributed by atoms with E-state index in [4.69, 9.17) is 5.11 Å².